The Balaban J connectivity index is 1.99. The number of carbonyl (C=O) groups excluding carboxylic acids is 1. The third kappa shape index (κ3) is 5.27. The van der Waals surface area contributed by atoms with E-state index >= 15 is 0 Å². The van der Waals surface area contributed by atoms with E-state index in [1.54, 1.807) is 30.3 Å². The first-order valence-corrected chi connectivity index (χ1v) is 8.37. The minimum Gasteiger partial charge on any atom is -0.493 e. The van der Waals surface area contributed by atoms with Crippen molar-refractivity contribution in [3.05, 3.63) is 46.5 Å². The number of rotatable bonds is 8. The van der Waals surface area contributed by atoms with E-state index in [0.717, 1.165) is 5.56 Å². The molecular formula is C19H21ClN2O5. The van der Waals surface area contributed by atoms with Gasteiger partial charge in [-0.2, -0.15) is 5.10 Å². The van der Waals surface area contributed by atoms with Crippen LogP contribution in [-0.2, 0) is 4.79 Å². The zero-order valence-corrected chi connectivity index (χ0v) is 16.3. The summed E-state index contributed by atoms with van der Waals surface area (Å²) in [6.07, 6.45) is 1.45. The first-order valence-electron chi connectivity index (χ1n) is 8.00. The monoisotopic (exact) mass is 392 g/mol. The number of nitrogens with zero attached hydrogens (tertiary/aromatic N) is 1. The second kappa shape index (κ2) is 9.68. The maximum atomic E-state index is 11.9. The molecule has 8 heteroatoms. The number of amides is 1. The first kappa shape index (κ1) is 20.4. The van der Waals surface area contributed by atoms with Gasteiger partial charge in [-0.15, -0.1) is 0 Å². The van der Waals surface area contributed by atoms with E-state index in [-0.39, 0.29) is 6.61 Å². The van der Waals surface area contributed by atoms with Crippen LogP contribution >= 0.6 is 11.6 Å². The lowest BCUT2D eigenvalue weighted by molar-refractivity contribution is -0.123. The molecule has 0 aliphatic heterocycles. The van der Waals surface area contributed by atoms with E-state index in [1.807, 2.05) is 6.92 Å². The third-order valence-electron chi connectivity index (χ3n) is 3.62. The van der Waals surface area contributed by atoms with Crippen molar-refractivity contribution in [1.82, 2.24) is 5.43 Å². The molecule has 0 atom stereocenters. The van der Waals surface area contributed by atoms with Gasteiger partial charge >= 0.3 is 0 Å². The van der Waals surface area contributed by atoms with Crippen LogP contribution in [0.4, 0.5) is 0 Å². The van der Waals surface area contributed by atoms with E-state index < -0.39 is 5.91 Å². The molecule has 7 nitrogen and oxygen atoms in total. The molecule has 0 saturated heterocycles. The van der Waals surface area contributed by atoms with Gasteiger partial charge in [0.05, 0.1) is 27.5 Å². The van der Waals surface area contributed by atoms with Gasteiger partial charge in [0, 0.05) is 10.6 Å². The quantitative estimate of drug-likeness (QED) is 0.551. The summed E-state index contributed by atoms with van der Waals surface area (Å²) in [7, 11) is 4.56. The Kier molecular flexibility index (Phi) is 7.31. The second-order valence-electron chi connectivity index (χ2n) is 5.42. The zero-order chi connectivity index (χ0) is 19.8. The van der Waals surface area contributed by atoms with Gasteiger partial charge in [0.2, 0.25) is 5.75 Å². The molecule has 1 N–H and O–H groups in total. The lowest BCUT2D eigenvalue weighted by Gasteiger charge is -2.13. The van der Waals surface area contributed by atoms with E-state index in [2.05, 4.69) is 10.5 Å². The molecule has 27 heavy (non-hydrogen) atoms. The molecule has 0 unspecified atom stereocenters. The average molecular weight is 393 g/mol. The summed E-state index contributed by atoms with van der Waals surface area (Å²) >= 11 is 5.89. The Bertz CT molecular complexity index is 839. The van der Waals surface area contributed by atoms with Gasteiger partial charge in [0.1, 0.15) is 5.75 Å². The Morgan fingerprint density at radius 3 is 2.41 bits per heavy atom. The minimum absolute atomic E-state index is 0.178. The molecule has 2 rings (SSSR count). The minimum atomic E-state index is -0.403. The number of hydrazone groups is 1. The van der Waals surface area contributed by atoms with Crippen LogP contribution < -0.4 is 24.4 Å². The number of methoxy groups -OCH3 is 3. The van der Waals surface area contributed by atoms with Gasteiger partial charge in [-0.3, -0.25) is 4.79 Å². The Labute approximate surface area is 162 Å². The summed E-state index contributed by atoms with van der Waals surface area (Å²) < 4.78 is 21.3. The summed E-state index contributed by atoms with van der Waals surface area (Å²) in [5.41, 5.74) is 3.86. The predicted molar refractivity (Wildman–Crippen MR) is 104 cm³/mol. The highest BCUT2D eigenvalue weighted by Crippen LogP contribution is 2.38. The van der Waals surface area contributed by atoms with Crippen molar-refractivity contribution in [2.45, 2.75) is 6.92 Å². The Morgan fingerprint density at radius 2 is 1.78 bits per heavy atom. The molecule has 0 aromatic heterocycles. The SMILES string of the molecule is COc1ccc(/C=N\NC(=O)COc2ccc(Cl)cc2C)c(OC)c1OC. The van der Waals surface area contributed by atoms with Crippen LogP contribution in [0.25, 0.3) is 0 Å². The van der Waals surface area contributed by atoms with Crippen LogP contribution in [0.3, 0.4) is 0 Å². The molecule has 0 saturated carbocycles. The van der Waals surface area contributed by atoms with Gasteiger partial charge in [-0.05, 0) is 42.8 Å². The Morgan fingerprint density at radius 1 is 1.07 bits per heavy atom. The van der Waals surface area contributed by atoms with Crippen molar-refractivity contribution in [2.75, 3.05) is 27.9 Å². The van der Waals surface area contributed by atoms with Crippen LogP contribution in [0.15, 0.2) is 35.4 Å². The number of aryl methyl sites for hydroxylation is 1. The van der Waals surface area contributed by atoms with Crippen molar-refractivity contribution in [1.29, 1.82) is 0 Å². The van der Waals surface area contributed by atoms with E-state index in [0.29, 0.717) is 33.6 Å². The maximum absolute atomic E-state index is 11.9. The summed E-state index contributed by atoms with van der Waals surface area (Å²) in [5, 5.41) is 4.54. The van der Waals surface area contributed by atoms with Crippen LogP contribution in [0.2, 0.25) is 5.02 Å². The smallest absolute Gasteiger partial charge is 0.277 e. The van der Waals surface area contributed by atoms with Gasteiger partial charge in [-0.1, -0.05) is 11.6 Å². The van der Waals surface area contributed by atoms with Crippen molar-refractivity contribution >= 4 is 23.7 Å². The normalized spacial score (nSPS) is 10.6. The Hall–Kier alpha value is -2.93. The fourth-order valence-corrected chi connectivity index (χ4v) is 2.58. The molecule has 0 aliphatic carbocycles. The van der Waals surface area contributed by atoms with Crippen molar-refractivity contribution in [3.8, 4) is 23.0 Å². The number of carbonyl (C=O) groups is 1. The molecule has 144 valence electrons. The number of halogens is 1. The van der Waals surface area contributed by atoms with Crippen LogP contribution in [-0.4, -0.2) is 40.1 Å². The highest BCUT2D eigenvalue weighted by molar-refractivity contribution is 6.30. The second-order valence-corrected chi connectivity index (χ2v) is 5.85. The van der Waals surface area contributed by atoms with Gasteiger partial charge in [0.25, 0.3) is 5.91 Å². The van der Waals surface area contributed by atoms with E-state index in [9.17, 15) is 4.79 Å². The lowest BCUT2D eigenvalue weighted by Crippen LogP contribution is -2.24. The zero-order valence-electron chi connectivity index (χ0n) is 15.5. The maximum Gasteiger partial charge on any atom is 0.277 e. The van der Waals surface area contributed by atoms with Crippen molar-refractivity contribution in [2.24, 2.45) is 5.10 Å². The molecule has 0 bridgehead atoms. The van der Waals surface area contributed by atoms with Gasteiger partial charge in [0.15, 0.2) is 18.1 Å². The molecular weight excluding hydrogens is 372 g/mol. The topological polar surface area (TPSA) is 78.4 Å². The average Bonchev–Trinajstić information content (AvgIpc) is 2.66. The standard InChI is InChI=1S/C19H21ClN2O5/c1-12-9-14(20)6-8-15(12)27-11-17(23)22-21-10-13-5-7-16(24-2)19(26-4)18(13)25-3/h5-10H,11H2,1-4H3,(H,22,23)/b21-10-. The van der Waals surface area contributed by atoms with E-state index in [4.69, 9.17) is 30.5 Å². The molecule has 1 amide bonds. The highest BCUT2D eigenvalue weighted by atomic mass is 35.5. The van der Waals surface area contributed by atoms with Gasteiger partial charge < -0.3 is 18.9 Å². The van der Waals surface area contributed by atoms with Crippen molar-refractivity contribution < 1.29 is 23.7 Å². The van der Waals surface area contributed by atoms with Crippen LogP contribution in [0.1, 0.15) is 11.1 Å². The number of hydrogen-bond donors (Lipinski definition) is 1. The number of hydrogen-bond acceptors (Lipinski definition) is 6. The van der Waals surface area contributed by atoms with Gasteiger partial charge in [-0.25, -0.2) is 5.43 Å². The number of benzene rings is 2. The summed E-state index contributed by atoms with van der Waals surface area (Å²) in [4.78, 5) is 11.9. The molecule has 0 spiro atoms. The highest BCUT2D eigenvalue weighted by Gasteiger charge is 2.14. The summed E-state index contributed by atoms with van der Waals surface area (Å²) in [6.45, 7) is 1.67. The molecule has 0 aliphatic rings. The molecule has 2 aromatic carbocycles. The van der Waals surface area contributed by atoms with Crippen LogP contribution in [0, 0.1) is 6.92 Å². The molecule has 2 aromatic rings. The molecule has 0 heterocycles. The number of nitrogens with one attached hydrogen (secondary N) is 1. The first-order chi connectivity index (χ1) is 13.0. The number of ether oxygens (including phenoxy) is 4. The summed E-state index contributed by atoms with van der Waals surface area (Å²) in [6, 6.07) is 8.63. The largest absolute Gasteiger partial charge is 0.493 e. The summed E-state index contributed by atoms with van der Waals surface area (Å²) in [5.74, 6) is 1.60. The van der Waals surface area contributed by atoms with Crippen molar-refractivity contribution in [3.63, 3.8) is 0 Å². The predicted octanol–water partition coefficient (Wildman–Crippen LogP) is 3.20. The van der Waals surface area contributed by atoms with Crippen LogP contribution in [0.5, 0.6) is 23.0 Å². The fraction of sp³-hybridized carbons (Fsp3) is 0.263. The lowest BCUT2D eigenvalue weighted by atomic mass is 10.2. The molecule has 0 fully saturated rings. The fourth-order valence-electron chi connectivity index (χ4n) is 2.35. The third-order valence-corrected chi connectivity index (χ3v) is 3.86. The molecule has 0 radical (unpaired) electrons. The van der Waals surface area contributed by atoms with E-state index in [1.165, 1.54) is 27.5 Å².